The van der Waals surface area contributed by atoms with Gasteiger partial charge in [-0.05, 0) is 6.42 Å². The van der Waals surface area contributed by atoms with Gasteiger partial charge in [-0.25, -0.2) is 4.79 Å². The third-order valence-electron chi connectivity index (χ3n) is 1.27. The second-order valence-electron chi connectivity index (χ2n) is 1.98. The Kier molecular flexibility index (Phi) is 2.91. The van der Waals surface area contributed by atoms with Gasteiger partial charge in [-0.2, -0.15) is 0 Å². The third-order valence-corrected chi connectivity index (χ3v) is 1.27. The number of carbonyl (C=O) groups excluding carboxylic acids is 1. The summed E-state index contributed by atoms with van der Waals surface area (Å²) in [7, 11) is 0. The molecule has 0 aliphatic heterocycles. The highest BCUT2D eigenvalue weighted by Crippen LogP contribution is 2.00. The van der Waals surface area contributed by atoms with Crippen LogP contribution in [0.2, 0.25) is 0 Å². The van der Waals surface area contributed by atoms with Crippen LogP contribution in [0.4, 0.5) is 0 Å². The van der Waals surface area contributed by atoms with E-state index >= 15 is 0 Å². The van der Waals surface area contributed by atoms with E-state index in [9.17, 15) is 9.59 Å². The summed E-state index contributed by atoms with van der Waals surface area (Å²) in [5.74, 6) is -2.37. The van der Waals surface area contributed by atoms with Crippen molar-refractivity contribution in [1.82, 2.24) is 0 Å². The highest BCUT2D eigenvalue weighted by atomic mass is 16.4. The molecule has 0 bridgehead atoms. The zero-order valence-electron chi connectivity index (χ0n) is 5.55. The summed E-state index contributed by atoms with van der Waals surface area (Å²) in [5.41, 5.74) is 0. The van der Waals surface area contributed by atoms with Gasteiger partial charge in [-0.15, -0.1) is 0 Å². The van der Waals surface area contributed by atoms with Gasteiger partial charge in [-0.3, -0.25) is 4.79 Å². The highest BCUT2D eigenvalue weighted by molar-refractivity contribution is 6.33. The van der Waals surface area contributed by atoms with E-state index < -0.39 is 11.8 Å². The van der Waals surface area contributed by atoms with E-state index in [2.05, 4.69) is 0 Å². The number of aliphatic carboxylic acids is 1. The molecule has 3 nitrogen and oxygen atoms in total. The molecular formula is C6H10O3. The van der Waals surface area contributed by atoms with E-state index in [1.54, 1.807) is 13.8 Å². The first-order valence-electron chi connectivity index (χ1n) is 2.86. The second-order valence-corrected chi connectivity index (χ2v) is 1.98. The molecule has 0 rings (SSSR count). The van der Waals surface area contributed by atoms with Crippen molar-refractivity contribution < 1.29 is 14.7 Å². The molecule has 0 spiro atoms. The topological polar surface area (TPSA) is 54.4 Å². The van der Waals surface area contributed by atoms with Gasteiger partial charge in [0.25, 0.3) is 0 Å². The molecule has 0 aromatic carbocycles. The van der Waals surface area contributed by atoms with Crippen LogP contribution >= 0.6 is 0 Å². The maximum Gasteiger partial charge on any atom is 0.372 e. The Balaban J connectivity index is 3.88. The minimum Gasteiger partial charge on any atom is -0.475 e. The highest BCUT2D eigenvalue weighted by Gasteiger charge is 2.17. The van der Waals surface area contributed by atoms with Gasteiger partial charge < -0.3 is 5.11 Å². The van der Waals surface area contributed by atoms with Crippen molar-refractivity contribution in [3.05, 3.63) is 0 Å². The molecule has 52 valence electrons. The van der Waals surface area contributed by atoms with Crippen molar-refractivity contribution in [1.29, 1.82) is 0 Å². The summed E-state index contributed by atoms with van der Waals surface area (Å²) >= 11 is 0. The van der Waals surface area contributed by atoms with E-state index in [4.69, 9.17) is 5.11 Å². The lowest BCUT2D eigenvalue weighted by molar-refractivity contribution is -0.150. The Morgan fingerprint density at radius 2 is 2.00 bits per heavy atom. The molecule has 3 heteroatoms. The van der Waals surface area contributed by atoms with Crippen molar-refractivity contribution in [2.45, 2.75) is 20.3 Å². The number of ketones is 1. The number of hydrogen-bond acceptors (Lipinski definition) is 2. The molecule has 0 heterocycles. The predicted octanol–water partition coefficient (Wildman–Crippen LogP) is 0.686. The number of carboxylic acid groups (broad SMARTS) is 1. The van der Waals surface area contributed by atoms with Crippen molar-refractivity contribution in [2.24, 2.45) is 5.92 Å². The molecule has 0 fully saturated rings. The molecule has 0 saturated carbocycles. The summed E-state index contributed by atoms with van der Waals surface area (Å²) in [6, 6.07) is 0. The fraction of sp³-hybridized carbons (Fsp3) is 0.667. The van der Waals surface area contributed by atoms with E-state index in [1.165, 1.54) is 0 Å². The quantitative estimate of drug-likeness (QED) is 0.572. The molecule has 0 amide bonds. The molecule has 0 radical (unpaired) electrons. The summed E-state index contributed by atoms with van der Waals surface area (Å²) in [4.78, 5) is 20.4. The third kappa shape index (κ3) is 2.26. The van der Waals surface area contributed by atoms with Crippen LogP contribution in [-0.2, 0) is 9.59 Å². The lowest BCUT2D eigenvalue weighted by Crippen LogP contribution is -2.19. The fourth-order valence-electron chi connectivity index (χ4n) is 0.396. The molecule has 0 aliphatic rings. The molecule has 0 aromatic heterocycles. The van der Waals surface area contributed by atoms with Crippen LogP contribution in [0.25, 0.3) is 0 Å². The molecular weight excluding hydrogens is 120 g/mol. The second kappa shape index (κ2) is 3.22. The van der Waals surface area contributed by atoms with Gasteiger partial charge in [0.1, 0.15) is 0 Å². The maximum absolute atomic E-state index is 10.5. The van der Waals surface area contributed by atoms with E-state index in [-0.39, 0.29) is 5.92 Å². The molecule has 0 aliphatic carbocycles. The van der Waals surface area contributed by atoms with E-state index in [1.807, 2.05) is 0 Å². The van der Waals surface area contributed by atoms with Crippen LogP contribution < -0.4 is 0 Å². The van der Waals surface area contributed by atoms with E-state index in [0.717, 1.165) is 0 Å². The minimum absolute atomic E-state index is 0.345. The van der Waals surface area contributed by atoms with Crippen molar-refractivity contribution in [2.75, 3.05) is 0 Å². The molecule has 0 saturated heterocycles. The Hall–Kier alpha value is -0.860. The lowest BCUT2D eigenvalue weighted by atomic mass is 10.0. The van der Waals surface area contributed by atoms with Crippen LogP contribution in [0.1, 0.15) is 20.3 Å². The first kappa shape index (κ1) is 8.14. The van der Waals surface area contributed by atoms with Gasteiger partial charge in [-0.1, -0.05) is 13.8 Å². The average Bonchev–Trinajstić information content (AvgIpc) is 1.84. The van der Waals surface area contributed by atoms with Crippen LogP contribution in [0.5, 0.6) is 0 Å². The van der Waals surface area contributed by atoms with Crippen LogP contribution in [-0.4, -0.2) is 16.9 Å². The molecule has 0 unspecified atom stereocenters. The zero-order chi connectivity index (χ0) is 7.44. The Labute approximate surface area is 53.7 Å². The Morgan fingerprint density at radius 3 is 2.11 bits per heavy atom. The standard InChI is InChI=1S/C6H10O3/c1-3-4(2)5(7)6(8)9/h4H,3H2,1-2H3,(H,8,9)/t4-/m1/s1. The monoisotopic (exact) mass is 130 g/mol. The van der Waals surface area contributed by atoms with Crippen molar-refractivity contribution in [3.63, 3.8) is 0 Å². The minimum atomic E-state index is -1.33. The molecule has 0 aromatic rings. The first-order valence-corrected chi connectivity index (χ1v) is 2.86. The normalized spacial score (nSPS) is 12.7. The van der Waals surface area contributed by atoms with Crippen LogP contribution in [0.15, 0.2) is 0 Å². The summed E-state index contributed by atoms with van der Waals surface area (Å²) in [6.07, 6.45) is 0.588. The molecule has 1 N–H and O–H groups in total. The number of carbonyl (C=O) groups is 2. The van der Waals surface area contributed by atoms with Gasteiger partial charge in [0.05, 0.1) is 0 Å². The van der Waals surface area contributed by atoms with Gasteiger partial charge in [0.2, 0.25) is 5.78 Å². The van der Waals surface area contributed by atoms with E-state index in [0.29, 0.717) is 6.42 Å². The number of hydrogen-bond donors (Lipinski definition) is 1. The molecule has 9 heavy (non-hydrogen) atoms. The zero-order valence-corrected chi connectivity index (χ0v) is 5.55. The van der Waals surface area contributed by atoms with Gasteiger partial charge in [0.15, 0.2) is 0 Å². The van der Waals surface area contributed by atoms with Crippen molar-refractivity contribution in [3.8, 4) is 0 Å². The summed E-state index contributed by atoms with van der Waals surface area (Å²) < 4.78 is 0. The Bertz CT molecular complexity index is 128. The largest absolute Gasteiger partial charge is 0.475 e. The van der Waals surface area contributed by atoms with Gasteiger partial charge >= 0.3 is 5.97 Å². The first-order chi connectivity index (χ1) is 4.09. The van der Waals surface area contributed by atoms with Crippen LogP contribution in [0, 0.1) is 5.92 Å². The van der Waals surface area contributed by atoms with Crippen LogP contribution in [0.3, 0.4) is 0 Å². The average molecular weight is 130 g/mol. The lowest BCUT2D eigenvalue weighted by Gasteiger charge is -1.99. The van der Waals surface area contributed by atoms with Gasteiger partial charge in [0, 0.05) is 5.92 Å². The summed E-state index contributed by atoms with van der Waals surface area (Å²) in [6.45, 7) is 3.39. The fourth-order valence-corrected chi connectivity index (χ4v) is 0.396. The smallest absolute Gasteiger partial charge is 0.372 e. The molecule has 1 atom stereocenters. The number of rotatable bonds is 3. The number of carboxylic acids is 1. The van der Waals surface area contributed by atoms with Crippen molar-refractivity contribution >= 4 is 11.8 Å². The SMILES string of the molecule is CC[C@@H](C)C(=O)C(=O)O. The summed E-state index contributed by atoms with van der Waals surface area (Å²) in [5, 5.41) is 8.13. The maximum atomic E-state index is 10.5. The number of Topliss-reactive ketones (excluding diaryl/α,β-unsaturated/α-hetero) is 1. The predicted molar refractivity (Wildman–Crippen MR) is 32.1 cm³/mol. The Morgan fingerprint density at radius 1 is 1.56 bits per heavy atom.